The second-order valence-electron chi connectivity index (χ2n) is 5.93. The summed E-state index contributed by atoms with van der Waals surface area (Å²) in [6, 6.07) is 6.14. The van der Waals surface area contributed by atoms with E-state index in [-0.39, 0.29) is 6.03 Å². The van der Waals surface area contributed by atoms with Crippen LogP contribution in [0.1, 0.15) is 30.9 Å². The number of hydrogen-bond donors (Lipinski definition) is 1. The third kappa shape index (κ3) is 4.46. The van der Waals surface area contributed by atoms with Gasteiger partial charge in [-0.1, -0.05) is 31.0 Å². The van der Waals surface area contributed by atoms with Crippen LogP contribution < -0.4 is 5.32 Å². The lowest BCUT2D eigenvalue weighted by Crippen LogP contribution is -2.50. The Kier molecular flexibility index (Phi) is 5.62. The first-order valence-electron chi connectivity index (χ1n) is 7.95. The highest BCUT2D eigenvalue weighted by Crippen LogP contribution is 2.17. The van der Waals surface area contributed by atoms with Gasteiger partial charge in [0.2, 0.25) is 0 Å². The van der Waals surface area contributed by atoms with E-state index in [1.807, 2.05) is 24.0 Å². The average molecular weight is 289 g/mol. The van der Waals surface area contributed by atoms with E-state index < -0.39 is 0 Å². The van der Waals surface area contributed by atoms with Gasteiger partial charge in [0.15, 0.2) is 0 Å². The molecule has 4 nitrogen and oxygen atoms in total. The Balaban J connectivity index is 1.84. The quantitative estimate of drug-likeness (QED) is 0.923. The number of hydrogen-bond acceptors (Lipinski definition) is 2. The lowest BCUT2D eigenvalue weighted by molar-refractivity contribution is 0.146. The molecule has 1 aromatic rings. The van der Waals surface area contributed by atoms with Crippen molar-refractivity contribution in [3.05, 3.63) is 29.3 Å². The summed E-state index contributed by atoms with van der Waals surface area (Å²) in [5.41, 5.74) is 3.25. The molecule has 2 rings (SSSR count). The van der Waals surface area contributed by atoms with Gasteiger partial charge < -0.3 is 10.2 Å². The van der Waals surface area contributed by atoms with Crippen LogP contribution in [-0.4, -0.2) is 48.6 Å². The molecule has 4 heteroatoms. The number of piperazine rings is 1. The number of rotatable bonds is 4. The van der Waals surface area contributed by atoms with E-state index in [9.17, 15) is 4.79 Å². The van der Waals surface area contributed by atoms with Gasteiger partial charge >= 0.3 is 6.03 Å². The Morgan fingerprint density at radius 1 is 1.19 bits per heavy atom. The molecule has 1 fully saturated rings. The van der Waals surface area contributed by atoms with E-state index in [4.69, 9.17) is 0 Å². The van der Waals surface area contributed by atoms with Crippen LogP contribution in [0, 0.1) is 13.8 Å². The minimum atomic E-state index is 0.0251. The molecule has 0 aromatic heterocycles. The van der Waals surface area contributed by atoms with Gasteiger partial charge in [-0.05, 0) is 38.4 Å². The molecule has 0 aliphatic carbocycles. The Morgan fingerprint density at radius 3 is 2.52 bits per heavy atom. The SMILES string of the molecule is CCCCN1CCN(C(=O)Nc2ccc(C)cc2C)CC1. The molecule has 1 aliphatic heterocycles. The fraction of sp³-hybridized carbons (Fsp3) is 0.588. The van der Waals surface area contributed by atoms with Gasteiger partial charge in [0.25, 0.3) is 0 Å². The first-order valence-corrected chi connectivity index (χ1v) is 7.95. The highest BCUT2D eigenvalue weighted by Gasteiger charge is 2.20. The molecular formula is C17H27N3O. The Labute approximate surface area is 128 Å². The molecule has 0 atom stereocenters. The van der Waals surface area contributed by atoms with Gasteiger partial charge in [-0.25, -0.2) is 4.79 Å². The van der Waals surface area contributed by atoms with Crippen LogP contribution >= 0.6 is 0 Å². The summed E-state index contributed by atoms with van der Waals surface area (Å²) in [6.45, 7) is 11.1. The Bertz CT molecular complexity index is 479. The lowest BCUT2D eigenvalue weighted by atomic mass is 10.1. The number of amides is 2. The second-order valence-corrected chi connectivity index (χ2v) is 5.93. The molecule has 21 heavy (non-hydrogen) atoms. The fourth-order valence-corrected chi connectivity index (χ4v) is 2.70. The third-order valence-corrected chi connectivity index (χ3v) is 4.11. The van der Waals surface area contributed by atoms with Crippen molar-refractivity contribution in [2.45, 2.75) is 33.6 Å². The topological polar surface area (TPSA) is 35.6 Å². The standard InChI is InChI=1S/C17H27N3O/c1-4-5-8-19-9-11-20(12-10-19)17(21)18-16-7-6-14(2)13-15(16)3/h6-7,13H,4-5,8-12H2,1-3H3,(H,18,21). The van der Waals surface area contributed by atoms with E-state index >= 15 is 0 Å². The summed E-state index contributed by atoms with van der Waals surface area (Å²) in [6.07, 6.45) is 2.47. The maximum absolute atomic E-state index is 12.3. The van der Waals surface area contributed by atoms with Crippen LogP contribution in [-0.2, 0) is 0 Å². The number of urea groups is 1. The number of carbonyl (C=O) groups is 1. The highest BCUT2D eigenvalue weighted by molar-refractivity contribution is 5.90. The third-order valence-electron chi connectivity index (χ3n) is 4.11. The minimum Gasteiger partial charge on any atom is -0.322 e. The molecule has 0 unspecified atom stereocenters. The zero-order chi connectivity index (χ0) is 15.2. The maximum Gasteiger partial charge on any atom is 0.321 e. The van der Waals surface area contributed by atoms with Crippen molar-refractivity contribution in [3.63, 3.8) is 0 Å². The van der Waals surface area contributed by atoms with Crippen molar-refractivity contribution in [1.82, 2.24) is 9.80 Å². The van der Waals surface area contributed by atoms with E-state index in [1.165, 1.54) is 18.4 Å². The number of nitrogens with zero attached hydrogens (tertiary/aromatic N) is 2. The molecule has 1 saturated heterocycles. The lowest BCUT2D eigenvalue weighted by Gasteiger charge is -2.34. The van der Waals surface area contributed by atoms with Crippen LogP contribution in [0.5, 0.6) is 0 Å². The largest absolute Gasteiger partial charge is 0.322 e. The fourth-order valence-electron chi connectivity index (χ4n) is 2.70. The Morgan fingerprint density at radius 2 is 1.90 bits per heavy atom. The number of benzene rings is 1. The van der Waals surface area contributed by atoms with Gasteiger partial charge in [0, 0.05) is 31.9 Å². The molecule has 0 spiro atoms. The van der Waals surface area contributed by atoms with Crippen LogP contribution in [0.25, 0.3) is 0 Å². The maximum atomic E-state index is 12.3. The molecule has 1 aromatic carbocycles. The second kappa shape index (κ2) is 7.46. The molecule has 0 bridgehead atoms. The first kappa shape index (κ1) is 15.8. The van der Waals surface area contributed by atoms with Gasteiger partial charge in [-0.2, -0.15) is 0 Å². The van der Waals surface area contributed by atoms with Crippen molar-refractivity contribution < 1.29 is 4.79 Å². The monoisotopic (exact) mass is 289 g/mol. The normalized spacial score (nSPS) is 16.0. The zero-order valence-electron chi connectivity index (χ0n) is 13.5. The summed E-state index contributed by atoms with van der Waals surface area (Å²) in [5.74, 6) is 0. The van der Waals surface area contributed by atoms with Gasteiger partial charge in [-0.3, -0.25) is 4.90 Å². The molecule has 1 N–H and O–H groups in total. The molecule has 2 amide bonds. The molecular weight excluding hydrogens is 262 g/mol. The van der Waals surface area contributed by atoms with Crippen molar-refractivity contribution in [1.29, 1.82) is 0 Å². The van der Waals surface area contributed by atoms with Gasteiger partial charge in [-0.15, -0.1) is 0 Å². The summed E-state index contributed by atoms with van der Waals surface area (Å²) < 4.78 is 0. The summed E-state index contributed by atoms with van der Waals surface area (Å²) in [7, 11) is 0. The minimum absolute atomic E-state index is 0.0251. The predicted molar refractivity (Wildman–Crippen MR) is 87.9 cm³/mol. The van der Waals surface area contributed by atoms with Gasteiger partial charge in [0.05, 0.1) is 0 Å². The average Bonchev–Trinajstić information content (AvgIpc) is 2.48. The number of unbranched alkanes of at least 4 members (excludes halogenated alkanes) is 1. The van der Waals surface area contributed by atoms with Crippen molar-refractivity contribution in [2.75, 3.05) is 38.0 Å². The van der Waals surface area contributed by atoms with E-state index in [0.29, 0.717) is 0 Å². The summed E-state index contributed by atoms with van der Waals surface area (Å²) in [5, 5.41) is 3.03. The van der Waals surface area contributed by atoms with Crippen molar-refractivity contribution in [3.8, 4) is 0 Å². The summed E-state index contributed by atoms with van der Waals surface area (Å²) >= 11 is 0. The van der Waals surface area contributed by atoms with Crippen LogP contribution in [0.3, 0.4) is 0 Å². The highest BCUT2D eigenvalue weighted by atomic mass is 16.2. The summed E-state index contributed by atoms with van der Waals surface area (Å²) in [4.78, 5) is 16.7. The zero-order valence-corrected chi connectivity index (χ0v) is 13.5. The number of carbonyl (C=O) groups excluding carboxylic acids is 1. The molecule has 116 valence electrons. The van der Waals surface area contributed by atoms with E-state index in [1.54, 1.807) is 0 Å². The van der Waals surface area contributed by atoms with Crippen LogP contribution in [0.2, 0.25) is 0 Å². The van der Waals surface area contributed by atoms with Crippen LogP contribution in [0.4, 0.5) is 10.5 Å². The van der Waals surface area contributed by atoms with E-state index in [0.717, 1.165) is 44.0 Å². The smallest absolute Gasteiger partial charge is 0.321 e. The van der Waals surface area contributed by atoms with Crippen LogP contribution in [0.15, 0.2) is 18.2 Å². The number of aryl methyl sites for hydroxylation is 2. The van der Waals surface area contributed by atoms with Gasteiger partial charge in [0.1, 0.15) is 0 Å². The Hall–Kier alpha value is -1.55. The predicted octanol–water partition coefficient (Wildman–Crippen LogP) is 3.25. The van der Waals surface area contributed by atoms with Crippen molar-refractivity contribution in [2.24, 2.45) is 0 Å². The molecule has 1 aliphatic rings. The number of nitrogens with one attached hydrogen (secondary N) is 1. The first-order chi connectivity index (χ1) is 10.1. The van der Waals surface area contributed by atoms with E-state index in [2.05, 4.69) is 30.1 Å². The number of anilines is 1. The van der Waals surface area contributed by atoms with Crippen molar-refractivity contribution >= 4 is 11.7 Å². The molecule has 0 saturated carbocycles. The molecule has 1 heterocycles. The molecule has 0 radical (unpaired) electrons.